The van der Waals surface area contributed by atoms with Crippen LogP contribution in [-0.2, 0) is 20.9 Å². The van der Waals surface area contributed by atoms with Gasteiger partial charge in [-0.15, -0.1) is 11.8 Å². The summed E-state index contributed by atoms with van der Waals surface area (Å²) in [6.07, 6.45) is 1.67. The molecule has 1 aromatic heterocycles. The van der Waals surface area contributed by atoms with E-state index in [9.17, 15) is 23.9 Å². The quantitative estimate of drug-likeness (QED) is 0.102. The number of aromatic nitrogens is 1. The van der Waals surface area contributed by atoms with Gasteiger partial charge in [0.1, 0.15) is 17.7 Å². The van der Waals surface area contributed by atoms with E-state index in [1.807, 2.05) is 55.7 Å². The molecule has 3 rings (SSSR count). The first kappa shape index (κ1) is 39.8. The molecule has 0 fully saturated rings. The first-order chi connectivity index (χ1) is 23.0. The molecule has 0 saturated heterocycles. The van der Waals surface area contributed by atoms with Crippen LogP contribution in [0.1, 0.15) is 44.5 Å². The Morgan fingerprint density at radius 1 is 1.08 bits per heavy atom. The molecule has 0 bridgehead atoms. The molecule has 9 nitrogen and oxygen atoms in total. The molecular weight excluding hydrogens is 667 g/mol. The van der Waals surface area contributed by atoms with Gasteiger partial charge < -0.3 is 30.4 Å². The topological polar surface area (TPSA) is 127 Å². The monoisotopic (exact) mass is 716 g/mol. The number of rotatable bonds is 17. The van der Waals surface area contributed by atoms with Crippen LogP contribution in [0.25, 0.3) is 11.1 Å². The standard InChI is InChI=1S/C36H50F2N4O5SSi/c1-36(2,3)33(31-19-26(28-20-27(37)13-14-29(28)38)22-41(31)21-25-11-8-7-9-12-25)42(32(43)24-48-23-30(39)34(44)45)16-10-15-40-35(46)47-17-18-49(4,5)6/h7-9,11-14,19-20,22,30,33H,10,15-18,21,23-24,39H2,1-6H3,(H,40,46)(H,44,45)/t30?,33-/m0/s1. The molecule has 0 aliphatic carbocycles. The maximum absolute atomic E-state index is 15.1. The molecular formula is C36H50F2N4O5SSi. The minimum Gasteiger partial charge on any atom is -0.480 e. The third-order valence-electron chi connectivity index (χ3n) is 7.87. The molecule has 2 aromatic carbocycles. The zero-order valence-corrected chi connectivity index (χ0v) is 31.1. The van der Waals surface area contributed by atoms with Gasteiger partial charge in [-0.2, -0.15) is 0 Å². The third-order valence-corrected chi connectivity index (χ3v) is 10.6. The Morgan fingerprint density at radius 3 is 2.41 bits per heavy atom. The van der Waals surface area contributed by atoms with Crippen LogP contribution in [0, 0.1) is 17.0 Å². The fourth-order valence-electron chi connectivity index (χ4n) is 5.38. The van der Waals surface area contributed by atoms with E-state index < -0.39 is 49.3 Å². The van der Waals surface area contributed by atoms with E-state index in [-0.39, 0.29) is 36.1 Å². The first-order valence-corrected chi connectivity index (χ1v) is 21.3. The molecule has 1 unspecified atom stereocenters. The van der Waals surface area contributed by atoms with E-state index in [0.717, 1.165) is 41.6 Å². The molecule has 0 radical (unpaired) electrons. The number of hydrogen-bond donors (Lipinski definition) is 3. The van der Waals surface area contributed by atoms with E-state index in [1.165, 1.54) is 0 Å². The van der Waals surface area contributed by atoms with E-state index in [1.54, 1.807) is 17.2 Å². The first-order valence-electron chi connectivity index (χ1n) is 16.4. The van der Waals surface area contributed by atoms with Gasteiger partial charge in [0, 0.05) is 56.5 Å². The predicted molar refractivity (Wildman–Crippen MR) is 194 cm³/mol. The zero-order valence-electron chi connectivity index (χ0n) is 29.3. The second kappa shape index (κ2) is 17.8. The van der Waals surface area contributed by atoms with Crippen molar-refractivity contribution in [2.75, 3.05) is 31.2 Å². The average Bonchev–Trinajstić information content (AvgIpc) is 3.41. The summed E-state index contributed by atoms with van der Waals surface area (Å²) in [4.78, 5) is 39.5. The molecule has 49 heavy (non-hydrogen) atoms. The number of benzene rings is 2. The number of carboxylic acid groups (broad SMARTS) is 1. The molecule has 2 amide bonds. The van der Waals surface area contributed by atoms with Crippen LogP contribution >= 0.6 is 11.8 Å². The van der Waals surface area contributed by atoms with Gasteiger partial charge in [-0.05, 0) is 47.7 Å². The van der Waals surface area contributed by atoms with Crippen molar-refractivity contribution in [3.8, 4) is 11.1 Å². The van der Waals surface area contributed by atoms with E-state index in [0.29, 0.717) is 30.8 Å². The minimum absolute atomic E-state index is 0.0233. The lowest BCUT2D eigenvalue weighted by molar-refractivity contribution is -0.138. The number of carbonyl (C=O) groups excluding carboxylic acids is 2. The smallest absolute Gasteiger partial charge is 0.407 e. The van der Waals surface area contributed by atoms with Crippen molar-refractivity contribution in [3.63, 3.8) is 0 Å². The van der Waals surface area contributed by atoms with Crippen LogP contribution in [0.4, 0.5) is 13.6 Å². The SMILES string of the molecule is CC(C)(C)[C@H](c1cc(-c2cc(F)ccc2F)cn1Cc1ccccc1)N(CCCNC(=O)OCC[Si](C)(C)C)C(=O)CSCC(N)C(=O)O. The van der Waals surface area contributed by atoms with Gasteiger partial charge in [-0.25, -0.2) is 13.6 Å². The number of ether oxygens (including phenoxy) is 1. The Bertz CT molecular complexity index is 1560. The fourth-order valence-corrected chi connectivity index (χ4v) is 6.95. The summed E-state index contributed by atoms with van der Waals surface area (Å²) >= 11 is 1.14. The lowest BCUT2D eigenvalue weighted by Gasteiger charge is -2.41. The summed E-state index contributed by atoms with van der Waals surface area (Å²) in [5.41, 5.74) is 7.42. The van der Waals surface area contributed by atoms with Crippen molar-refractivity contribution in [2.24, 2.45) is 11.1 Å². The number of nitrogens with one attached hydrogen (secondary N) is 1. The van der Waals surface area contributed by atoms with Gasteiger partial charge in [0.15, 0.2) is 0 Å². The number of nitrogens with zero attached hydrogens (tertiary/aromatic N) is 2. The van der Waals surface area contributed by atoms with Crippen LogP contribution in [0.3, 0.4) is 0 Å². The second-order valence-electron chi connectivity index (χ2n) is 14.4. The molecule has 4 N–H and O–H groups in total. The highest BCUT2D eigenvalue weighted by molar-refractivity contribution is 8.00. The average molecular weight is 717 g/mol. The van der Waals surface area contributed by atoms with Crippen molar-refractivity contribution in [1.29, 1.82) is 0 Å². The lowest BCUT2D eigenvalue weighted by Crippen LogP contribution is -2.44. The molecule has 3 aromatic rings. The fraction of sp³-hybridized carbons (Fsp3) is 0.472. The van der Waals surface area contributed by atoms with Gasteiger partial charge >= 0.3 is 12.1 Å². The molecule has 0 aliphatic heterocycles. The summed E-state index contributed by atoms with van der Waals surface area (Å²) < 4.78 is 36.7. The van der Waals surface area contributed by atoms with Crippen LogP contribution in [-0.4, -0.2) is 77.9 Å². The number of alkyl carbamates (subject to hydrolysis) is 1. The molecule has 13 heteroatoms. The normalized spacial score (nSPS) is 13.1. The minimum atomic E-state index is -1.37. The Labute approximate surface area is 293 Å². The van der Waals surface area contributed by atoms with E-state index >= 15 is 4.39 Å². The molecule has 0 spiro atoms. The molecule has 0 aliphatic rings. The van der Waals surface area contributed by atoms with E-state index in [4.69, 9.17) is 10.5 Å². The van der Waals surface area contributed by atoms with Gasteiger partial charge in [0.05, 0.1) is 18.4 Å². The number of thioether (sulfide) groups is 1. The Hall–Kier alpha value is -3.68. The molecule has 268 valence electrons. The highest BCUT2D eigenvalue weighted by Gasteiger charge is 2.37. The van der Waals surface area contributed by atoms with Crippen LogP contribution in [0.2, 0.25) is 25.7 Å². The number of aliphatic carboxylic acids is 1. The third kappa shape index (κ3) is 12.6. The van der Waals surface area contributed by atoms with Crippen molar-refractivity contribution in [3.05, 3.63) is 83.7 Å². The Morgan fingerprint density at radius 2 is 1.78 bits per heavy atom. The maximum atomic E-state index is 15.1. The zero-order chi connectivity index (χ0) is 36.4. The van der Waals surface area contributed by atoms with Gasteiger partial charge in [0.2, 0.25) is 5.91 Å². The van der Waals surface area contributed by atoms with Crippen LogP contribution < -0.4 is 11.1 Å². The highest BCUT2D eigenvalue weighted by atomic mass is 32.2. The van der Waals surface area contributed by atoms with Gasteiger partial charge in [-0.3, -0.25) is 9.59 Å². The largest absolute Gasteiger partial charge is 0.480 e. The summed E-state index contributed by atoms with van der Waals surface area (Å²) in [6.45, 7) is 13.9. The molecule has 1 heterocycles. The Kier molecular flexibility index (Phi) is 14.5. The van der Waals surface area contributed by atoms with Crippen molar-refractivity contribution >= 4 is 37.8 Å². The van der Waals surface area contributed by atoms with Gasteiger partial charge in [-0.1, -0.05) is 70.7 Å². The Balaban J connectivity index is 1.99. The summed E-state index contributed by atoms with van der Waals surface area (Å²) in [5, 5.41) is 12.0. The van der Waals surface area contributed by atoms with Crippen LogP contribution in [0.5, 0.6) is 0 Å². The van der Waals surface area contributed by atoms with Crippen molar-refractivity contribution in [2.45, 2.75) is 71.5 Å². The number of amides is 2. The maximum Gasteiger partial charge on any atom is 0.407 e. The van der Waals surface area contributed by atoms with Gasteiger partial charge in [0.25, 0.3) is 0 Å². The molecule has 2 atom stereocenters. The molecule has 0 saturated carbocycles. The summed E-state index contributed by atoms with van der Waals surface area (Å²) in [5.74, 6) is -2.51. The number of nitrogens with two attached hydrogens (primary N) is 1. The summed E-state index contributed by atoms with van der Waals surface area (Å²) in [6, 6.07) is 14.0. The van der Waals surface area contributed by atoms with E-state index in [2.05, 4.69) is 25.0 Å². The summed E-state index contributed by atoms with van der Waals surface area (Å²) in [7, 11) is -1.37. The lowest BCUT2D eigenvalue weighted by atomic mass is 9.83. The van der Waals surface area contributed by atoms with Crippen molar-refractivity contribution < 1.29 is 33.0 Å². The van der Waals surface area contributed by atoms with Crippen LogP contribution in [0.15, 0.2) is 60.8 Å². The van der Waals surface area contributed by atoms with Crippen molar-refractivity contribution in [1.82, 2.24) is 14.8 Å². The predicted octanol–water partition coefficient (Wildman–Crippen LogP) is 7.00. The highest BCUT2D eigenvalue weighted by Crippen LogP contribution is 2.41. The number of carboxylic acids is 1. The second-order valence-corrected chi connectivity index (χ2v) is 21.1. The number of hydrogen-bond acceptors (Lipinski definition) is 6. The number of halogens is 2. The number of carbonyl (C=O) groups is 3.